The molecule has 3 aliphatic heterocycles. The minimum atomic E-state index is -0.975. The molecule has 9 nitrogen and oxygen atoms in total. The highest BCUT2D eigenvalue weighted by molar-refractivity contribution is 6.25. The number of benzene rings is 4. The van der Waals surface area contributed by atoms with E-state index < -0.39 is 23.9 Å². The minimum absolute atomic E-state index is 0.233. The maximum absolute atomic E-state index is 13.8. The van der Waals surface area contributed by atoms with Gasteiger partial charge in [-0.25, -0.2) is 9.91 Å². The molecule has 3 amide bonds. The quantitative estimate of drug-likeness (QED) is 0.338. The van der Waals surface area contributed by atoms with Crippen molar-refractivity contribution in [3.63, 3.8) is 0 Å². The topological polar surface area (TPSA) is 98.0 Å². The molecular formula is C32H26N6O3. The molecule has 41 heavy (non-hydrogen) atoms. The van der Waals surface area contributed by atoms with E-state index in [1.807, 2.05) is 67.6 Å². The van der Waals surface area contributed by atoms with E-state index in [0.29, 0.717) is 12.1 Å². The lowest BCUT2D eigenvalue weighted by atomic mass is 9.97. The smallest absolute Gasteiger partial charge is 0.264 e. The number of carbonyl (C=O) groups is 3. The molecule has 0 N–H and O–H groups in total. The van der Waals surface area contributed by atoms with Crippen molar-refractivity contribution in [2.24, 2.45) is 15.4 Å². The zero-order chi connectivity index (χ0) is 28.1. The van der Waals surface area contributed by atoms with E-state index in [0.717, 1.165) is 38.1 Å². The third kappa shape index (κ3) is 4.26. The summed E-state index contributed by atoms with van der Waals surface area (Å²) in [5.74, 6) is -1.21. The van der Waals surface area contributed by atoms with Gasteiger partial charge in [-0.3, -0.25) is 19.4 Å². The number of imide groups is 1. The summed E-state index contributed by atoms with van der Waals surface area (Å²) < 4.78 is 0. The molecule has 0 spiro atoms. The van der Waals surface area contributed by atoms with Gasteiger partial charge in [0.2, 0.25) is 0 Å². The maximum Gasteiger partial charge on any atom is 0.264 e. The average Bonchev–Trinajstić information content (AvgIpc) is 3.69. The Labute approximate surface area is 236 Å². The Morgan fingerprint density at radius 3 is 2.37 bits per heavy atom. The van der Waals surface area contributed by atoms with Gasteiger partial charge in [0.15, 0.2) is 12.1 Å². The highest BCUT2D eigenvalue weighted by atomic mass is 16.2. The maximum atomic E-state index is 13.8. The number of fused-ring (bicyclic) bond motifs is 2. The Morgan fingerprint density at radius 1 is 0.854 bits per heavy atom. The van der Waals surface area contributed by atoms with Crippen LogP contribution in [0, 0.1) is 6.92 Å². The molecule has 4 aromatic rings. The van der Waals surface area contributed by atoms with E-state index in [4.69, 9.17) is 5.10 Å². The number of amides is 3. The molecule has 0 unspecified atom stereocenters. The summed E-state index contributed by atoms with van der Waals surface area (Å²) in [4.78, 5) is 41.5. The van der Waals surface area contributed by atoms with Crippen LogP contribution in [0.15, 0.2) is 113 Å². The number of hydrogen-bond donors (Lipinski definition) is 0. The standard InChI is InChI=1S/C32H26N6O3/c1-20-11-15-25(16-12-20)37-31(40)29-30(32(37)41)36(35-33-29)19-28(39)38-27(22-8-3-2-4-9-22)18-26(34-38)24-14-13-21-7-5-6-10-23(21)17-24/h2-17,27,29-30H,18-19H2,1H3/t27-,29+,30+/m0/s1. The van der Waals surface area contributed by atoms with Crippen molar-refractivity contribution in [1.29, 1.82) is 0 Å². The number of nitrogens with zero attached hydrogens (tertiary/aromatic N) is 6. The average molecular weight is 543 g/mol. The SMILES string of the molecule is Cc1ccc(N2C(=O)[C@@H]3N=NN(CC(=O)N4N=C(c5ccc6ccccc6c5)C[C@H]4c4ccccc4)[C@H]3C2=O)cc1. The van der Waals surface area contributed by atoms with Gasteiger partial charge < -0.3 is 0 Å². The second-order valence-electron chi connectivity index (χ2n) is 10.5. The molecule has 0 radical (unpaired) electrons. The lowest BCUT2D eigenvalue weighted by Gasteiger charge is -2.25. The number of carbonyl (C=O) groups excluding carboxylic acids is 3. The van der Waals surface area contributed by atoms with Gasteiger partial charge in [0.05, 0.1) is 17.4 Å². The van der Waals surface area contributed by atoms with Crippen molar-refractivity contribution in [3.05, 3.63) is 114 Å². The van der Waals surface area contributed by atoms with Crippen LogP contribution in [0.4, 0.5) is 5.69 Å². The van der Waals surface area contributed by atoms with E-state index in [1.165, 1.54) is 10.0 Å². The molecule has 1 fully saturated rings. The van der Waals surface area contributed by atoms with Crippen LogP contribution in [-0.4, -0.2) is 52.1 Å². The van der Waals surface area contributed by atoms with Gasteiger partial charge in [-0.15, -0.1) is 0 Å². The molecule has 3 atom stereocenters. The predicted octanol–water partition coefficient (Wildman–Crippen LogP) is 4.82. The number of hydrazone groups is 1. The Morgan fingerprint density at radius 2 is 1.59 bits per heavy atom. The van der Waals surface area contributed by atoms with Gasteiger partial charge in [0.1, 0.15) is 6.54 Å². The van der Waals surface area contributed by atoms with E-state index in [2.05, 4.69) is 34.6 Å². The van der Waals surface area contributed by atoms with Crippen molar-refractivity contribution >= 4 is 39.9 Å². The lowest BCUT2D eigenvalue weighted by Crippen LogP contribution is -2.44. The number of aryl methyl sites for hydroxylation is 1. The first-order chi connectivity index (χ1) is 20.0. The summed E-state index contributed by atoms with van der Waals surface area (Å²) >= 11 is 0. The second-order valence-corrected chi connectivity index (χ2v) is 10.5. The van der Waals surface area contributed by atoms with Gasteiger partial charge in [-0.05, 0) is 47.0 Å². The zero-order valence-electron chi connectivity index (χ0n) is 22.3. The van der Waals surface area contributed by atoms with Crippen LogP contribution in [0.1, 0.15) is 29.2 Å². The van der Waals surface area contributed by atoms with Crippen molar-refractivity contribution in [2.45, 2.75) is 31.5 Å². The molecular weight excluding hydrogens is 516 g/mol. The van der Waals surface area contributed by atoms with Gasteiger partial charge >= 0.3 is 0 Å². The van der Waals surface area contributed by atoms with Crippen LogP contribution in [0.25, 0.3) is 10.8 Å². The first-order valence-corrected chi connectivity index (χ1v) is 13.5. The molecule has 3 aliphatic rings. The van der Waals surface area contributed by atoms with E-state index in [9.17, 15) is 14.4 Å². The molecule has 0 saturated carbocycles. The third-order valence-electron chi connectivity index (χ3n) is 7.88. The molecule has 7 rings (SSSR count). The summed E-state index contributed by atoms with van der Waals surface area (Å²) in [5, 5.41) is 18.0. The van der Waals surface area contributed by atoms with Crippen LogP contribution in [0.3, 0.4) is 0 Å². The monoisotopic (exact) mass is 542 g/mol. The lowest BCUT2D eigenvalue weighted by molar-refractivity contribution is -0.135. The Balaban J connectivity index is 1.16. The molecule has 0 aliphatic carbocycles. The van der Waals surface area contributed by atoms with Gasteiger partial charge in [-0.1, -0.05) is 89.6 Å². The Kier molecular flexibility index (Phi) is 5.92. The second kappa shape index (κ2) is 9.78. The largest absolute Gasteiger partial charge is 0.271 e. The van der Waals surface area contributed by atoms with Crippen molar-refractivity contribution in [3.8, 4) is 0 Å². The minimum Gasteiger partial charge on any atom is -0.271 e. The van der Waals surface area contributed by atoms with Gasteiger partial charge in [0.25, 0.3) is 17.7 Å². The van der Waals surface area contributed by atoms with Crippen molar-refractivity contribution < 1.29 is 14.4 Å². The molecule has 9 heteroatoms. The summed E-state index contributed by atoms with van der Waals surface area (Å²) in [5.41, 5.74) is 4.21. The van der Waals surface area contributed by atoms with Crippen LogP contribution in [0.2, 0.25) is 0 Å². The predicted molar refractivity (Wildman–Crippen MR) is 154 cm³/mol. The summed E-state index contributed by atoms with van der Waals surface area (Å²) in [6.07, 6.45) is 0.542. The molecule has 3 heterocycles. The summed E-state index contributed by atoms with van der Waals surface area (Å²) in [6.45, 7) is 1.70. The highest BCUT2D eigenvalue weighted by Gasteiger charge is 2.55. The summed E-state index contributed by atoms with van der Waals surface area (Å²) in [7, 11) is 0. The van der Waals surface area contributed by atoms with E-state index >= 15 is 0 Å². The first-order valence-electron chi connectivity index (χ1n) is 13.5. The van der Waals surface area contributed by atoms with Crippen LogP contribution in [0.5, 0.6) is 0 Å². The highest BCUT2D eigenvalue weighted by Crippen LogP contribution is 2.35. The fourth-order valence-electron chi connectivity index (χ4n) is 5.73. The normalized spacial score (nSPS) is 21.6. The number of rotatable bonds is 5. The van der Waals surface area contributed by atoms with Gasteiger partial charge in [0, 0.05) is 6.42 Å². The Bertz CT molecular complexity index is 1750. The van der Waals surface area contributed by atoms with Gasteiger partial charge in [-0.2, -0.15) is 10.2 Å². The summed E-state index contributed by atoms with van der Waals surface area (Å²) in [6, 6.07) is 29.0. The fraction of sp³-hybridized carbons (Fsp3) is 0.188. The van der Waals surface area contributed by atoms with Crippen LogP contribution < -0.4 is 4.90 Å². The van der Waals surface area contributed by atoms with E-state index in [1.54, 1.807) is 12.1 Å². The van der Waals surface area contributed by atoms with Crippen molar-refractivity contribution in [1.82, 2.24) is 10.0 Å². The van der Waals surface area contributed by atoms with Crippen LogP contribution >= 0.6 is 0 Å². The molecule has 202 valence electrons. The third-order valence-corrected chi connectivity index (χ3v) is 7.88. The molecule has 4 aromatic carbocycles. The number of hydrogen-bond acceptors (Lipinski definition) is 7. The fourth-order valence-corrected chi connectivity index (χ4v) is 5.73. The van der Waals surface area contributed by atoms with Crippen LogP contribution in [-0.2, 0) is 14.4 Å². The molecule has 0 bridgehead atoms. The van der Waals surface area contributed by atoms with Crippen molar-refractivity contribution in [2.75, 3.05) is 11.4 Å². The van der Waals surface area contributed by atoms with E-state index in [-0.39, 0.29) is 18.5 Å². The zero-order valence-corrected chi connectivity index (χ0v) is 22.3. The number of anilines is 1. The molecule has 1 saturated heterocycles. The Hall–Kier alpha value is -5.18. The first kappa shape index (κ1) is 24.8. The molecule has 0 aromatic heterocycles.